The van der Waals surface area contributed by atoms with Crippen molar-refractivity contribution in [1.82, 2.24) is 9.80 Å². The number of nitrogens with zero attached hydrogens (tertiary/aromatic N) is 2. The molecule has 0 saturated carbocycles. The molecule has 1 saturated heterocycles. The maximum atomic E-state index is 12.3. The van der Waals surface area contributed by atoms with Gasteiger partial charge in [0, 0.05) is 23.6 Å². The van der Waals surface area contributed by atoms with Crippen molar-refractivity contribution in [3.63, 3.8) is 0 Å². The number of thioether (sulfide) groups is 1. The Bertz CT molecular complexity index is 367. The van der Waals surface area contributed by atoms with E-state index < -0.39 is 5.97 Å². The Kier molecular flexibility index (Phi) is 5.35. The molecule has 6 heteroatoms. The van der Waals surface area contributed by atoms with Gasteiger partial charge in [-0.2, -0.15) is 11.8 Å². The molecule has 0 spiro atoms. The normalized spacial score (nSPS) is 23.3. The zero-order valence-corrected chi connectivity index (χ0v) is 11.4. The van der Waals surface area contributed by atoms with E-state index in [0.29, 0.717) is 11.8 Å². The summed E-state index contributed by atoms with van der Waals surface area (Å²) in [5.74, 6) is 2.15. The fraction of sp³-hybridized carbons (Fsp3) is 0.667. The molecule has 1 aliphatic heterocycles. The highest BCUT2D eigenvalue weighted by molar-refractivity contribution is 8.00. The van der Waals surface area contributed by atoms with Gasteiger partial charge in [0.1, 0.15) is 6.54 Å². The summed E-state index contributed by atoms with van der Waals surface area (Å²) < 4.78 is 0. The lowest BCUT2D eigenvalue weighted by atomic mass is 10.2. The minimum absolute atomic E-state index is 0.0237. The van der Waals surface area contributed by atoms with E-state index in [0.717, 1.165) is 5.75 Å². The second-order valence-electron chi connectivity index (χ2n) is 4.25. The molecule has 0 aliphatic carbocycles. The smallest absolute Gasteiger partial charge is 0.323 e. The van der Waals surface area contributed by atoms with Gasteiger partial charge in [0.25, 0.3) is 0 Å². The summed E-state index contributed by atoms with van der Waals surface area (Å²) >= 11 is 1.82. The Morgan fingerprint density at radius 3 is 2.78 bits per heavy atom. The molecule has 18 heavy (non-hydrogen) atoms. The summed E-state index contributed by atoms with van der Waals surface area (Å²) in [6.07, 6.45) is 5.17. The monoisotopic (exact) mass is 270 g/mol. The first-order valence-electron chi connectivity index (χ1n) is 5.79. The van der Waals surface area contributed by atoms with Crippen LogP contribution in [0.3, 0.4) is 0 Å². The van der Waals surface area contributed by atoms with Crippen molar-refractivity contribution in [3.05, 3.63) is 0 Å². The number of terminal acetylenes is 1. The van der Waals surface area contributed by atoms with Crippen molar-refractivity contribution < 1.29 is 14.7 Å². The Labute approximate surface area is 112 Å². The van der Waals surface area contributed by atoms with Gasteiger partial charge in [-0.15, -0.1) is 6.42 Å². The number of amides is 2. The number of carboxylic acid groups (broad SMARTS) is 1. The summed E-state index contributed by atoms with van der Waals surface area (Å²) in [5.41, 5.74) is 0. The Hall–Kier alpha value is -1.35. The zero-order chi connectivity index (χ0) is 13.7. The highest BCUT2D eigenvalue weighted by Gasteiger charge is 2.31. The maximum Gasteiger partial charge on any atom is 0.323 e. The molecule has 100 valence electrons. The van der Waals surface area contributed by atoms with Crippen LogP contribution in [-0.4, -0.2) is 63.6 Å². The van der Waals surface area contributed by atoms with E-state index in [1.807, 2.05) is 18.7 Å². The number of carbonyl (C=O) groups is 2. The van der Waals surface area contributed by atoms with Crippen molar-refractivity contribution in [1.29, 1.82) is 0 Å². The van der Waals surface area contributed by atoms with Crippen LogP contribution in [0.4, 0.5) is 4.79 Å². The lowest BCUT2D eigenvalue weighted by Crippen LogP contribution is -2.54. The fourth-order valence-electron chi connectivity index (χ4n) is 1.85. The third kappa shape index (κ3) is 3.57. The van der Waals surface area contributed by atoms with Gasteiger partial charge in [-0.05, 0) is 6.92 Å². The molecule has 1 heterocycles. The summed E-state index contributed by atoms with van der Waals surface area (Å²) in [6.45, 7) is 4.35. The van der Waals surface area contributed by atoms with Crippen LogP contribution in [0.1, 0.15) is 13.8 Å². The molecule has 1 N–H and O–H groups in total. The van der Waals surface area contributed by atoms with E-state index in [1.165, 1.54) is 4.90 Å². The van der Waals surface area contributed by atoms with Gasteiger partial charge in [-0.3, -0.25) is 4.79 Å². The first kappa shape index (κ1) is 14.7. The molecule has 2 amide bonds. The average Bonchev–Trinajstić information content (AvgIpc) is 2.31. The molecular weight excluding hydrogens is 252 g/mol. The lowest BCUT2D eigenvalue weighted by molar-refractivity contribution is -0.137. The number of carbonyl (C=O) groups excluding carboxylic acids is 1. The summed E-state index contributed by atoms with van der Waals surface area (Å²) in [7, 11) is 0. The molecule has 2 atom stereocenters. The molecule has 1 aliphatic rings. The molecule has 0 radical (unpaired) electrons. The van der Waals surface area contributed by atoms with E-state index >= 15 is 0 Å². The number of urea groups is 1. The van der Waals surface area contributed by atoms with Crippen LogP contribution in [0.2, 0.25) is 0 Å². The van der Waals surface area contributed by atoms with Gasteiger partial charge in [0.2, 0.25) is 0 Å². The van der Waals surface area contributed by atoms with E-state index in [1.54, 1.807) is 4.90 Å². The van der Waals surface area contributed by atoms with Crippen LogP contribution in [0.5, 0.6) is 0 Å². The molecule has 0 aromatic heterocycles. The first-order chi connectivity index (χ1) is 8.47. The second kappa shape index (κ2) is 6.55. The van der Waals surface area contributed by atoms with Gasteiger partial charge in [-0.1, -0.05) is 12.8 Å². The largest absolute Gasteiger partial charge is 0.480 e. The van der Waals surface area contributed by atoms with Gasteiger partial charge in [0.05, 0.1) is 6.54 Å². The third-order valence-electron chi connectivity index (χ3n) is 3.01. The average molecular weight is 270 g/mol. The lowest BCUT2D eigenvalue weighted by Gasteiger charge is -2.39. The van der Waals surface area contributed by atoms with E-state index in [2.05, 4.69) is 12.8 Å². The molecule has 0 aromatic carbocycles. The standard InChI is InChI=1S/C12H18N2O3S/c1-4-5-13(8-11(15)16)12(17)14-6-7-18-10(3)9(14)2/h1,9-10H,5-8H2,2-3H3,(H,15,16). The van der Waals surface area contributed by atoms with Crippen molar-refractivity contribution in [2.75, 3.05) is 25.4 Å². The van der Waals surface area contributed by atoms with Crippen LogP contribution in [0.15, 0.2) is 0 Å². The SMILES string of the molecule is C#CCN(CC(=O)O)C(=O)N1CCSC(C)C1C. The van der Waals surface area contributed by atoms with Crippen molar-refractivity contribution in [2.24, 2.45) is 0 Å². The predicted molar refractivity (Wildman–Crippen MR) is 71.5 cm³/mol. The fourth-order valence-corrected chi connectivity index (χ4v) is 2.95. The van der Waals surface area contributed by atoms with Crippen molar-refractivity contribution in [3.8, 4) is 12.3 Å². The number of hydrogen-bond acceptors (Lipinski definition) is 3. The van der Waals surface area contributed by atoms with E-state index in [-0.39, 0.29) is 25.2 Å². The Balaban J connectivity index is 2.75. The minimum Gasteiger partial charge on any atom is -0.480 e. The van der Waals surface area contributed by atoms with Crippen LogP contribution in [0.25, 0.3) is 0 Å². The minimum atomic E-state index is -1.05. The van der Waals surface area contributed by atoms with Crippen LogP contribution in [0, 0.1) is 12.3 Å². The summed E-state index contributed by atoms with van der Waals surface area (Å²) in [6, 6.07) is -0.194. The van der Waals surface area contributed by atoms with Gasteiger partial charge in [-0.25, -0.2) is 4.79 Å². The van der Waals surface area contributed by atoms with Gasteiger partial charge >= 0.3 is 12.0 Å². The topological polar surface area (TPSA) is 60.9 Å². The molecule has 0 aromatic rings. The van der Waals surface area contributed by atoms with Gasteiger partial charge < -0.3 is 14.9 Å². The quantitative estimate of drug-likeness (QED) is 0.776. The third-order valence-corrected chi connectivity index (χ3v) is 4.35. The molecular formula is C12H18N2O3S. The first-order valence-corrected chi connectivity index (χ1v) is 6.84. The van der Waals surface area contributed by atoms with Crippen LogP contribution >= 0.6 is 11.8 Å². The molecule has 5 nitrogen and oxygen atoms in total. The summed E-state index contributed by atoms with van der Waals surface area (Å²) in [5, 5.41) is 9.14. The summed E-state index contributed by atoms with van der Waals surface area (Å²) in [4.78, 5) is 25.9. The van der Waals surface area contributed by atoms with Crippen molar-refractivity contribution >= 4 is 23.8 Å². The van der Waals surface area contributed by atoms with Crippen molar-refractivity contribution in [2.45, 2.75) is 25.1 Å². The van der Waals surface area contributed by atoms with Crippen LogP contribution in [-0.2, 0) is 4.79 Å². The Morgan fingerprint density at radius 2 is 2.22 bits per heavy atom. The molecule has 0 bridgehead atoms. The molecule has 1 fully saturated rings. The van der Waals surface area contributed by atoms with Crippen LogP contribution < -0.4 is 0 Å². The highest BCUT2D eigenvalue weighted by atomic mass is 32.2. The number of rotatable bonds is 3. The van der Waals surface area contributed by atoms with E-state index in [9.17, 15) is 9.59 Å². The van der Waals surface area contributed by atoms with E-state index in [4.69, 9.17) is 11.5 Å². The number of carboxylic acids is 1. The maximum absolute atomic E-state index is 12.3. The predicted octanol–water partition coefficient (Wildman–Crippen LogP) is 0.952. The second-order valence-corrected chi connectivity index (χ2v) is 5.73. The molecule has 1 rings (SSSR count). The number of hydrogen-bond donors (Lipinski definition) is 1. The number of aliphatic carboxylic acids is 1. The zero-order valence-electron chi connectivity index (χ0n) is 10.6. The van der Waals surface area contributed by atoms with Gasteiger partial charge in [0.15, 0.2) is 0 Å². The Morgan fingerprint density at radius 1 is 1.56 bits per heavy atom. The molecule has 2 unspecified atom stereocenters. The highest BCUT2D eigenvalue weighted by Crippen LogP contribution is 2.25.